The molecule has 1 aliphatic heterocycles. The van der Waals surface area contributed by atoms with Crippen LogP contribution in [0.3, 0.4) is 0 Å². The smallest absolute Gasteiger partial charge is 0.151 e. The molecule has 24 heavy (non-hydrogen) atoms. The van der Waals surface area contributed by atoms with Crippen LogP contribution < -0.4 is 4.90 Å². The summed E-state index contributed by atoms with van der Waals surface area (Å²) in [6.07, 6.45) is 8.62. The summed E-state index contributed by atoms with van der Waals surface area (Å²) in [5.41, 5.74) is 3.77. The summed E-state index contributed by atoms with van der Waals surface area (Å²) in [4.78, 5) is 13.2. The SMILES string of the molecule is Cc1ncc(CN(C)C2CN(c3cc4c(nn3)CCCC4)C2)cn1. The minimum atomic E-state index is 0.545. The second kappa shape index (κ2) is 6.43. The van der Waals surface area contributed by atoms with E-state index >= 15 is 0 Å². The molecule has 1 aliphatic carbocycles. The number of anilines is 1. The molecule has 0 unspecified atom stereocenters. The van der Waals surface area contributed by atoms with Gasteiger partial charge in [0.15, 0.2) is 5.82 Å². The van der Waals surface area contributed by atoms with Gasteiger partial charge in [-0.3, -0.25) is 4.90 Å². The Morgan fingerprint density at radius 1 is 1.12 bits per heavy atom. The summed E-state index contributed by atoms with van der Waals surface area (Å²) in [7, 11) is 2.17. The van der Waals surface area contributed by atoms with Crippen molar-refractivity contribution >= 4 is 5.82 Å². The van der Waals surface area contributed by atoms with E-state index in [0.717, 1.165) is 49.7 Å². The fraction of sp³-hybridized carbons (Fsp3) is 0.556. The van der Waals surface area contributed by atoms with Gasteiger partial charge < -0.3 is 4.90 Å². The maximum atomic E-state index is 4.45. The van der Waals surface area contributed by atoms with Crippen molar-refractivity contribution < 1.29 is 0 Å². The molecule has 2 aliphatic rings. The molecule has 2 aromatic heterocycles. The van der Waals surface area contributed by atoms with Crippen molar-refractivity contribution in [3.63, 3.8) is 0 Å². The molecule has 0 spiro atoms. The monoisotopic (exact) mass is 324 g/mol. The highest BCUT2D eigenvalue weighted by molar-refractivity contribution is 5.45. The Hall–Kier alpha value is -2.08. The number of hydrogen-bond acceptors (Lipinski definition) is 6. The third-order valence-electron chi connectivity index (χ3n) is 5.13. The lowest BCUT2D eigenvalue weighted by Gasteiger charge is -2.44. The Morgan fingerprint density at radius 3 is 2.67 bits per heavy atom. The van der Waals surface area contributed by atoms with Crippen LogP contribution in [-0.4, -0.2) is 51.2 Å². The molecule has 0 radical (unpaired) electrons. The highest BCUT2D eigenvalue weighted by Gasteiger charge is 2.31. The minimum absolute atomic E-state index is 0.545. The molecule has 0 atom stereocenters. The van der Waals surface area contributed by atoms with Gasteiger partial charge in [-0.2, -0.15) is 5.10 Å². The number of aryl methyl sites for hydroxylation is 3. The van der Waals surface area contributed by atoms with Crippen molar-refractivity contribution in [3.8, 4) is 0 Å². The lowest BCUT2D eigenvalue weighted by Crippen LogP contribution is -2.58. The molecule has 1 fully saturated rings. The highest BCUT2D eigenvalue weighted by Crippen LogP contribution is 2.26. The van der Waals surface area contributed by atoms with Gasteiger partial charge in [0, 0.05) is 43.6 Å². The van der Waals surface area contributed by atoms with E-state index in [1.54, 1.807) is 0 Å². The van der Waals surface area contributed by atoms with Crippen LogP contribution in [0.4, 0.5) is 5.82 Å². The van der Waals surface area contributed by atoms with E-state index in [2.05, 4.69) is 43.1 Å². The maximum Gasteiger partial charge on any atom is 0.151 e. The number of likely N-dealkylation sites (N-methyl/N-ethyl adjacent to an activating group) is 1. The summed E-state index contributed by atoms with van der Waals surface area (Å²) < 4.78 is 0. The molecule has 0 saturated carbocycles. The first-order valence-electron chi connectivity index (χ1n) is 8.77. The van der Waals surface area contributed by atoms with Gasteiger partial charge in [-0.1, -0.05) is 0 Å². The van der Waals surface area contributed by atoms with E-state index in [4.69, 9.17) is 0 Å². The summed E-state index contributed by atoms with van der Waals surface area (Å²) in [6, 6.07) is 2.80. The van der Waals surface area contributed by atoms with Gasteiger partial charge in [0.2, 0.25) is 0 Å². The topological polar surface area (TPSA) is 58.0 Å². The second-order valence-corrected chi connectivity index (χ2v) is 6.99. The highest BCUT2D eigenvalue weighted by atomic mass is 15.4. The van der Waals surface area contributed by atoms with Crippen LogP contribution in [0.1, 0.15) is 35.5 Å². The molecule has 1 saturated heterocycles. The van der Waals surface area contributed by atoms with Gasteiger partial charge in [0.1, 0.15) is 5.82 Å². The van der Waals surface area contributed by atoms with Crippen LogP contribution in [0.15, 0.2) is 18.5 Å². The van der Waals surface area contributed by atoms with Crippen molar-refractivity contribution in [2.45, 2.75) is 45.2 Å². The van der Waals surface area contributed by atoms with Crippen molar-refractivity contribution in [2.75, 3.05) is 25.0 Å². The molecule has 126 valence electrons. The maximum absolute atomic E-state index is 4.45. The number of nitrogens with zero attached hydrogens (tertiary/aromatic N) is 6. The Balaban J connectivity index is 1.35. The third-order valence-corrected chi connectivity index (χ3v) is 5.13. The van der Waals surface area contributed by atoms with Crippen LogP contribution in [0.2, 0.25) is 0 Å². The Kier molecular flexibility index (Phi) is 4.14. The van der Waals surface area contributed by atoms with Gasteiger partial charge in [0.05, 0.1) is 5.69 Å². The normalized spacial score (nSPS) is 17.7. The molecular weight excluding hydrogens is 300 g/mol. The van der Waals surface area contributed by atoms with Crippen LogP contribution in [0.25, 0.3) is 0 Å². The zero-order valence-electron chi connectivity index (χ0n) is 14.4. The zero-order chi connectivity index (χ0) is 16.5. The minimum Gasteiger partial charge on any atom is -0.352 e. The number of hydrogen-bond donors (Lipinski definition) is 0. The molecule has 6 nitrogen and oxygen atoms in total. The first kappa shape index (κ1) is 15.4. The first-order chi connectivity index (χ1) is 11.7. The Labute approximate surface area is 142 Å². The van der Waals surface area contributed by atoms with Gasteiger partial charge in [-0.25, -0.2) is 9.97 Å². The van der Waals surface area contributed by atoms with E-state index in [1.165, 1.54) is 24.1 Å². The molecular formula is C18H24N6. The standard InChI is InChI=1S/C18H24N6/c1-13-19-8-14(9-20-13)10-23(2)16-11-24(12-16)18-7-15-5-3-4-6-17(15)21-22-18/h7-9,16H,3-6,10-12H2,1-2H3. The van der Waals surface area contributed by atoms with Crippen LogP contribution in [-0.2, 0) is 19.4 Å². The lowest BCUT2D eigenvalue weighted by atomic mass is 9.96. The molecule has 2 aromatic rings. The molecule has 0 bridgehead atoms. The molecule has 6 heteroatoms. The van der Waals surface area contributed by atoms with Crippen molar-refractivity contribution in [1.29, 1.82) is 0 Å². The van der Waals surface area contributed by atoms with Crippen LogP contribution >= 0.6 is 0 Å². The Morgan fingerprint density at radius 2 is 1.88 bits per heavy atom. The fourth-order valence-electron chi connectivity index (χ4n) is 3.47. The molecule has 0 N–H and O–H groups in total. The van der Waals surface area contributed by atoms with E-state index in [9.17, 15) is 0 Å². The number of rotatable bonds is 4. The quantitative estimate of drug-likeness (QED) is 0.854. The van der Waals surface area contributed by atoms with Crippen molar-refractivity contribution in [2.24, 2.45) is 0 Å². The number of aromatic nitrogens is 4. The van der Waals surface area contributed by atoms with Gasteiger partial charge in [-0.05, 0) is 51.3 Å². The summed E-state index contributed by atoms with van der Waals surface area (Å²) >= 11 is 0. The van der Waals surface area contributed by atoms with Gasteiger partial charge >= 0.3 is 0 Å². The predicted octanol–water partition coefficient (Wildman–Crippen LogP) is 1.77. The van der Waals surface area contributed by atoms with Crippen LogP contribution in [0, 0.1) is 6.92 Å². The zero-order valence-corrected chi connectivity index (χ0v) is 14.4. The second-order valence-electron chi connectivity index (χ2n) is 6.99. The van der Waals surface area contributed by atoms with E-state index in [-0.39, 0.29) is 0 Å². The largest absolute Gasteiger partial charge is 0.352 e. The average molecular weight is 324 g/mol. The molecule has 0 aromatic carbocycles. The molecule has 3 heterocycles. The van der Waals surface area contributed by atoms with E-state index in [0.29, 0.717) is 6.04 Å². The van der Waals surface area contributed by atoms with Crippen molar-refractivity contribution in [1.82, 2.24) is 25.1 Å². The summed E-state index contributed by atoms with van der Waals surface area (Å²) in [6.45, 7) is 4.82. The van der Waals surface area contributed by atoms with E-state index in [1.807, 2.05) is 19.3 Å². The third kappa shape index (κ3) is 3.11. The molecule has 0 amide bonds. The molecule has 4 rings (SSSR count). The summed E-state index contributed by atoms with van der Waals surface area (Å²) in [5, 5.41) is 8.89. The average Bonchev–Trinajstić information content (AvgIpc) is 2.55. The van der Waals surface area contributed by atoms with Gasteiger partial charge in [0.25, 0.3) is 0 Å². The summed E-state index contributed by atoms with van der Waals surface area (Å²) in [5.74, 6) is 1.86. The van der Waals surface area contributed by atoms with E-state index < -0.39 is 0 Å². The number of fused-ring (bicyclic) bond motifs is 1. The lowest BCUT2D eigenvalue weighted by molar-refractivity contribution is 0.196. The van der Waals surface area contributed by atoms with Crippen molar-refractivity contribution in [3.05, 3.63) is 41.1 Å². The predicted molar refractivity (Wildman–Crippen MR) is 92.9 cm³/mol. The van der Waals surface area contributed by atoms with Gasteiger partial charge in [-0.15, -0.1) is 5.10 Å². The Bertz CT molecular complexity index is 708. The first-order valence-corrected chi connectivity index (χ1v) is 8.77. The fourth-order valence-corrected chi connectivity index (χ4v) is 3.47. The van der Waals surface area contributed by atoms with Crippen LogP contribution in [0.5, 0.6) is 0 Å².